The first-order chi connectivity index (χ1) is 20.5. The zero-order valence-electron chi connectivity index (χ0n) is 23.7. The summed E-state index contributed by atoms with van der Waals surface area (Å²) in [6.07, 6.45) is -5.28. The molecule has 1 saturated carbocycles. The number of aliphatic hydroxyl groups is 1. The molecule has 9 nitrogen and oxygen atoms in total. The van der Waals surface area contributed by atoms with E-state index in [9.17, 15) is 27.9 Å². The second-order valence-electron chi connectivity index (χ2n) is 10.8. The van der Waals surface area contributed by atoms with E-state index >= 15 is 0 Å². The molecular weight excluding hydrogens is 581 g/mol. The molecular formula is C30H33F3N6O3S. The van der Waals surface area contributed by atoms with Gasteiger partial charge in [0.15, 0.2) is 5.78 Å². The molecule has 1 aromatic heterocycles. The Kier molecular flexibility index (Phi) is 9.16. The van der Waals surface area contributed by atoms with E-state index in [1.807, 2.05) is 43.3 Å². The minimum absolute atomic E-state index is 0.0170. The zero-order valence-corrected chi connectivity index (χ0v) is 24.5. The van der Waals surface area contributed by atoms with Gasteiger partial charge in [-0.1, -0.05) is 18.2 Å². The summed E-state index contributed by atoms with van der Waals surface area (Å²) in [5.41, 5.74) is 0.692. The molecule has 3 unspecified atom stereocenters. The Bertz CT molecular complexity index is 1620. The van der Waals surface area contributed by atoms with Crippen molar-refractivity contribution in [3.8, 4) is 0 Å². The summed E-state index contributed by atoms with van der Waals surface area (Å²) in [5.74, 6) is -0.993. The molecule has 1 aliphatic carbocycles. The highest BCUT2D eigenvalue weighted by molar-refractivity contribution is 7.12. The van der Waals surface area contributed by atoms with Gasteiger partial charge in [-0.05, 0) is 61.8 Å². The number of carbonyl (C=O) groups excluding carboxylic acids is 2. The van der Waals surface area contributed by atoms with Gasteiger partial charge >= 0.3 is 6.18 Å². The van der Waals surface area contributed by atoms with Crippen molar-refractivity contribution < 1.29 is 27.9 Å². The second-order valence-corrected chi connectivity index (χ2v) is 11.7. The Balaban J connectivity index is 1.32. The third kappa shape index (κ3) is 7.07. The van der Waals surface area contributed by atoms with E-state index in [1.165, 1.54) is 17.4 Å². The molecule has 1 fully saturated rings. The van der Waals surface area contributed by atoms with Gasteiger partial charge in [-0.15, -0.1) is 11.3 Å². The van der Waals surface area contributed by atoms with E-state index in [4.69, 9.17) is 0 Å². The van der Waals surface area contributed by atoms with Crippen molar-refractivity contribution in [2.45, 2.75) is 30.8 Å². The zero-order chi connectivity index (χ0) is 30.7. The van der Waals surface area contributed by atoms with Gasteiger partial charge in [0.25, 0.3) is 5.91 Å². The first kappa shape index (κ1) is 30.7. The molecule has 3 aromatic rings. The van der Waals surface area contributed by atoms with Crippen LogP contribution in [0.4, 0.5) is 30.2 Å². The Morgan fingerprint density at radius 3 is 2.67 bits per heavy atom. The maximum atomic E-state index is 13.8. The Morgan fingerprint density at radius 1 is 1.14 bits per heavy atom. The number of hydrogen-bond acceptors (Lipinski definition) is 9. The topological polar surface area (TPSA) is 118 Å². The van der Waals surface area contributed by atoms with Crippen LogP contribution in [0.3, 0.4) is 0 Å². The van der Waals surface area contributed by atoms with E-state index in [0.717, 1.165) is 34.7 Å². The third-order valence-electron chi connectivity index (χ3n) is 7.42. The van der Waals surface area contributed by atoms with E-state index < -0.39 is 41.6 Å². The summed E-state index contributed by atoms with van der Waals surface area (Å²) in [7, 11) is 3.74. The first-order valence-electron chi connectivity index (χ1n) is 13.8. The fourth-order valence-electron chi connectivity index (χ4n) is 5.13. The maximum absolute atomic E-state index is 13.8. The van der Waals surface area contributed by atoms with Crippen molar-refractivity contribution in [2.75, 3.05) is 56.2 Å². The second kappa shape index (κ2) is 12.8. The molecule has 1 amide bonds. The van der Waals surface area contributed by atoms with Crippen molar-refractivity contribution in [3.05, 3.63) is 74.9 Å². The minimum atomic E-state index is -4.69. The SMILES string of the molecule is CN(C)CCNC1C(=O)C(O)C1Nc1cc(NC(=O)c2sccc2NCC2=c3ccccc3=NCC2)cc(C(F)(F)F)c1. The fraction of sp³-hybridized carbons (Fsp3) is 0.367. The smallest absolute Gasteiger partial charge is 0.383 e. The number of fused-ring (bicyclic) bond motifs is 1. The van der Waals surface area contributed by atoms with Crippen LogP contribution in [-0.4, -0.2) is 80.2 Å². The van der Waals surface area contributed by atoms with Crippen molar-refractivity contribution >= 4 is 45.7 Å². The average Bonchev–Trinajstić information content (AvgIpc) is 3.45. The van der Waals surface area contributed by atoms with Crippen molar-refractivity contribution in [3.63, 3.8) is 0 Å². The van der Waals surface area contributed by atoms with Gasteiger partial charge in [-0.2, -0.15) is 13.2 Å². The van der Waals surface area contributed by atoms with Crippen LogP contribution in [-0.2, 0) is 11.0 Å². The molecule has 5 N–H and O–H groups in total. The number of nitrogens with zero attached hydrogens (tertiary/aromatic N) is 2. The number of ketones is 1. The molecule has 2 aliphatic rings. The van der Waals surface area contributed by atoms with Crippen molar-refractivity contribution in [1.82, 2.24) is 10.2 Å². The quantitative estimate of drug-likeness (QED) is 0.225. The standard InChI is InChI=1S/C30H33F3N6O3S/c1-39(2)11-10-35-24-25(27(41)26(24)40)37-19-13-18(30(31,32)33)14-20(15-19)38-29(42)28-23(8-12-43-28)36-16-17-7-9-34-22-6-4-3-5-21(17)22/h3-6,8,12-15,24-25,27,35-37,41H,7,9-11,16H2,1-2H3,(H,38,42). The van der Waals surface area contributed by atoms with Gasteiger partial charge in [0.05, 0.1) is 28.7 Å². The van der Waals surface area contributed by atoms with Crippen LogP contribution in [0.15, 0.2) is 58.9 Å². The number of alkyl halides is 3. The highest BCUT2D eigenvalue weighted by atomic mass is 32.1. The summed E-state index contributed by atoms with van der Waals surface area (Å²) in [6, 6.07) is 11.1. The number of nitrogens with one attached hydrogen (secondary N) is 4. The maximum Gasteiger partial charge on any atom is 0.416 e. The average molecular weight is 615 g/mol. The lowest BCUT2D eigenvalue weighted by molar-refractivity contribution is -0.140. The summed E-state index contributed by atoms with van der Waals surface area (Å²) < 4.78 is 41.5. The first-order valence-corrected chi connectivity index (χ1v) is 14.7. The van der Waals surface area contributed by atoms with Crippen LogP contribution in [0.2, 0.25) is 0 Å². The van der Waals surface area contributed by atoms with Gasteiger partial charge in [0.2, 0.25) is 0 Å². The normalized spacial score (nSPS) is 19.8. The molecule has 5 rings (SSSR count). The number of anilines is 3. The predicted molar refractivity (Wildman–Crippen MR) is 161 cm³/mol. The number of aliphatic hydroxyl groups excluding tert-OH is 1. The largest absolute Gasteiger partial charge is 0.416 e. The highest BCUT2D eigenvalue weighted by Gasteiger charge is 2.49. The van der Waals surface area contributed by atoms with Gasteiger partial charge in [0, 0.05) is 42.8 Å². The Hall–Kier alpha value is -3.78. The molecule has 3 atom stereocenters. The monoisotopic (exact) mass is 614 g/mol. The number of carbonyl (C=O) groups is 2. The molecule has 0 saturated heterocycles. The van der Waals surface area contributed by atoms with Crippen LogP contribution in [0, 0.1) is 0 Å². The number of halogens is 3. The molecule has 13 heteroatoms. The number of likely N-dealkylation sites (N-methyl/N-ethyl adjacent to an activating group) is 1. The summed E-state index contributed by atoms with van der Waals surface area (Å²) in [5, 5.41) is 25.8. The molecule has 228 valence electrons. The molecule has 0 radical (unpaired) electrons. The lowest BCUT2D eigenvalue weighted by atomic mass is 9.81. The van der Waals surface area contributed by atoms with E-state index in [1.54, 1.807) is 11.4 Å². The van der Waals surface area contributed by atoms with Crippen LogP contribution >= 0.6 is 11.3 Å². The highest BCUT2D eigenvalue weighted by Crippen LogP contribution is 2.35. The predicted octanol–water partition coefficient (Wildman–Crippen LogP) is 2.55. The molecule has 0 spiro atoms. The number of rotatable bonds is 11. The van der Waals surface area contributed by atoms with Crippen molar-refractivity contribution in [2.24, 2.45) is 4.99 Å². The number of hydrogen-bond donors (Lipinski definition) is 5. The van der Waals surface area contributed by atoms with Gasteiger partial charge in [-0.25, -0.2) is 0 Å². The Morgan fingerprint density at radius 2 is 1.91 bits per heavy atom. The number of Topliss-reactive ketones (excluding diaryl/α,β-unsaturated/α-hetero) is 1. The summed E-state index contributed by atoms with van der Waals surface area (Å²) >= 11 is 1.17. The van der Waals surface area contributed by atoms with E-state index in [0.29, 0.717) is 36.7 Å². The molecule has 0 bridgehead atoms. The fourth-order valence-corrected chi connectivity index (χ4v) is 5.89. The third-order valence-corrected chi connectivity index (χ3v) is 8.33. The number of benzene rings is 2. The van der Waals surface area contributed by atoms with Crippen LogP contribution in [0.25, 0.3) is 5.57 Å². The van der Waals surface area contributed by atoms with Gasteiger partial charge in [-0.3, -0.25) is 14.6 Å². The minimum Gasteiger partial charge on any atom is -0.383 e. The molecule has 2 aromatic carbocycles. The number of amides is 1. The van der Waals surface area contributed by atoms with Gasteiger partial charge in [0.1, 0.15) is 11.0 Å². The van der Waals surface area contributed by atoms with Crippen LogP contribution in [0.1, 0.15) is 21.7 Å². The van der Waals surface area contributed by atoms with Gasteiger partial charge < -0.3 is 31.3 Å². The molecule has 43 heavy (non-hydrogen) atoms. The molecule has 2 heterocycles. The molecule has 1 aliphatic heterocycles. The Labute approximate surface area is 250 Å². The van der Waals surface area contributed by atoms with E-state index in [-0.39, 0.29) is 11.4 Å². The van der Waals surface area contributed by atoms with Crippen molar-refractivity contribution in [1.29, 1.82) is 0 Å². The number of para-hydroxylation sites is 1. The van der Waals surface area contributed by atoms with Crippen LogP contribution in [0.5, 0.6) is 0 Å². The summed E-state index contributed by atoms with van der Waals surface area (Å²) in [6.45, 7) is 2.26. The summed E-state index contributed by atoms with van der Waals surface area (Å²) in [4.78, 5) is 32.3. The van der Waals surface area contributed by atoms with E-state index in [2.05, 4.69) is 26.3 Å². The lowest BCUT2D eigenvalue weighted by Crippen LogP contribution is -2.69. The van der Waals surface area contributed by atoms with Crippen LogP contribution < -0.4 is 31.8 Å². The number of thiophene rings is 1. The lowest BCUT2D eigenvalue weighted by Gasteiger charge is -2.41.